The summed E-state index contributed by atoms with van der Waals surface area (Å²) in [6.45, 7) is 6.35. The van der Waals surface area contributed by atoms with Crippen molar-refractivity contribution in [1.82, 2.24) is 9.21 Å². The second-order valence-electron chi connectivity index (χ2n) is 7.96. The van der Waals surface area contributed by atoms with Crippen molar-refractivity contribution >= 4 is 21.9 Å². The van der Waals surface area contributed by atoms with E-state index in [0.717, 1.165) is 19.3 Å². The maximum absolute atomic E-state index is 12.5. The second-order valence-corrected chi connectivity index (χ2v) is 9.89. The molecule has 1 aromatic carbocycles. The third-order valence-corrected chi connectivity index (χ3v) is 7.25. The van der Waals surface area contributed by atoms with Crippen LogP contribution in [0.5, 0.6) is 0 Å². The van der Waals surface area contributed by atoms with Crippen molar-refractivity contribution in [1.29, 1.82) is 0 Å². The van der Waals surface area contributed by atoms with Crippen LogP contribution < -0.4 is 0 Å². The van der Waals surface area contributed by atoms with Gasteiger partial charge in [0.1, 0.15) is 0 Å². The lowest BCUT2D eigenvalue weighted by Gasteiger charge is -2.34. The second kappa shape index (κ2) is 8.61. The van der Waals surface area contributed by atoms with Crippen LogP contribution in [0.1, 0.15) is 43.5 Å². The number of piperidine rings is 1. The van der Waals surface area contributed by atoms with Crippen LogP contribution in [0.2, 0.25) is 0 Å². The van der Waals surface area contributed by atoms with E-state index in [-0.39, 0.29) is 23.0 Å². The molecule has 3 rings (SSSR count). The molecule has 2 heterocycles. The zero-order valence-corrected chi connectivity index (χ0v) is 17.3. The van der Waals surface area contributed by atoms with Gasteiger partial charge in [0, 0.05) is 26.2 Å². The molecule has 2 aliphatic rings. The van der Waals surface area contributed by atoms with Crippen molar-refractivity contribution in [2.24, 2.45) is 11.8 Å². The summed E-state index contributed by atoms with van der Waals surface area (Å²) in [4.78, 5) is 26.5. The van der Waals surface area contributed by atoms with E-state index in [4.69, 9.17) is 4.74 Å². The summed E-state index contributed by atoms with van der Waals surface area (Å²) in [6, 6.07) is 5.70. The Balaban J connectivity index is 1.57. The average molecular weight is 409 g/mol. The topological polar surface area (TPSA) is 84.0 Å². The van der Waals surface area contributed by atoms with Crippen molar-refractivity contribution in [2.45, 2.75) is 38.0 Å². The number of amides is 1. The minimum absolute atomic E-state index is 0.165. The van der Waals surface area contributed by atoms with Gasteiger partial charge in [0.05, 0.1) is 10.5 Å². The number of carbonyl (C=O) groups excluding carboxylic acids is 2. The number of nitrogens with zero attached hydrogens (tertiary/aromatic N) is 2. The van der Waals surface area contributed by atoms with Crippen molar-refractivity contribution < 1.29 is 22.7 Å². The van der Waals surface area contributed by atoms with Crippen LogP contribution in [-0.2, 0) is 19.6 Å². The highest BCUT2D eigenvalue weighted by molar-refractivity contribution is 7.89. The minimum Gasteiger partial charge on any atom is -0.452 e. The number of rotatable bonds is 5. The van der Waals surface area contributed by atoms with E-state index >= 15 is 0 Å². The maximum atomic E-state index is 12.5. The Labute approximate surface area is 166 Å². The fourth-order valence-electron chi connectivity index (χ4n) is 4.01. The Bertz CT molecular complexity index is 806. The molecule has 2 fully saturated rings. The molecule has 1 amide bonds. The largest absolute Gasteiger partial charge is 0.452 e. The van der Waals surface area contributed by atoms with Crippen LogP contribution in [-0.4, -0.2) is 62.3 Å². The summed E-state index contributed by atoms with van der Waals surface area (Å²) < 4.78 is 31.6. The normalized spacial score (nSPS) is 23.6. The molecule has 28 heavy (non-hydrogen) atoms. The molecule has 0 aliphatic carbocycles. The fraction of sp³-hybridized carbons (Fsp3) is 0.600. The van der Waals surface area contributed by atoms with E-state index in [0.29, 0.717) is 38.0 Å². The molecule has 0 saturated carbocycles. The molecule has 1 aromatic rings. The zero-order valence-electron chi connectivity index (χ0n) is 16.5. The van der Waals surface area contributed by atoms with Crippen molar-refractivity contribution in [3.05, 3.63) is 29.8 Å². The van der Waals surface area contributed by atoms with Crippen LogP contribution in [0.25, 0.3) is 0 Å². The third-order valence-electron chi connectivity index (χ3n) is 5.34. The standard InChI is InChI=1S/C20H28N2O5S/c1-15-11-16(2)13-21(12-15)19(23)14-27-20(24)17-5-7-18(8-6-17)28(25,26)22-9-3-4-10-22/h5-8,15-16H,3-4,9-14H2,1-2H3/t15-,16-/m0/s1. The minimum atomic E-state index is -3.51. The third kappa shape index (κ3) is 4.72. The summed E-state index contributed by atoms with van der Waals surface area (Å²) >= 11 is 0. The van der Waals surface area contributed by atoms with Crippen LogP contribution in [0.4, 0.5) is 0 Å². The van der Waals surface area contributed by atoms with Crippen LogP contribution in [0.15, 0.2) is 29.2 Å². The van der Waals surface area contributed by atoms with Gasteiger partial charge in [-0.25, -0.2) is 13.2 Å². The Morgan fingerprint density at radius 3 is 2.18 bits per heavy atom. The Morgan fingerprint density at radius 1 is 1.04 bits per heavy atom. The van der Waals surface area contributed by atoms with E-state index in [2.05, 4.69) is 13.8 Å². The first-order valence-electron chi connectivity index (χ1n) is 9.82. The molecule has 0 bridgehead atoms. The highest BCUT2D eigenvalue weighted by Crippen LogP contribution is 2.22. The molecule has 0 N–H and O–H groups in total. The Morgan fingerprint density at radius 2 is 1.61 bits per heavy atom. The van der Waals surface area contributed by atoms with E-state index in [9.17, 15) is 18.0 Å². The fourth-order valence-corrected chi connectivity index (χ4v) is 5.53. The van der Waals surface area contributed by atoms with Gasteiger partial charge in [-0.15, -0.1) is 0 Å². The number of hydrogen-bond donors (Lipinski definition) is 0. The molecule has 2 atom stereocenters. The number of benzene rings is 1. The summed E-state index contributed by atoms with van der Waals surface area (Å²) in [5.41, 5.74) is 0.230. The van der Waals surface area contributed by atoms with Gasteiger partial charge < -0.3 is 9.64 Å². The quantitative estimate of drug-likeness (QED) is 0.697. The zero-order chi connectivity index (χ0) is 20.3. The van der Waals surface area contributed by atoms with Gasteiger partial charge in [0.15, 0.2) is 6.61 Å². The predicted octanol–water partition coefficient (Wildman–Crippen LogP) is 2.13. The molecule has 0 aromatic heterocycles. The molecular weight excluding hydrogens is 380 g/mol. The van der Waals surface area contributed by atoms with Gasteiger partial charge in [0.2, 0.25) is 10.0 Å². The van der Waals surface area contributed by atoms with Crippen molar-refractivity contribution in [3.8, 4) is 0 Å². The molecule has 2 saturated heterocycles. The molecule has 2 aliphatic heterocycles. The first-order chi connectivity index (χ1) is 13.3. The van der Waals surface area contributed by atoms with E-state index in [1.165, 1.54) is 28.6 Å². The van der Waals surface area contributed by atoms with Crippen molar-refractivity contribution in [2.75, 3.05) is 32.8 Å². The summed E-state index contributed by atoms with van der Waals surface area (Å²) in [5, 5.41) is 0. The Hall–Kier alpha value is -1.93. The predicted molar refractivity (Wildman–Crippen MR) is 104 cm³/mol. The maximum Gasteiger partial charge on any atom is 0.338 e. The first-order valence-corrected chi connectivity index (χ1v) is 11.3. The number of hydrogen-bond acceptors (Lipinski definition) is 5. The number of carbonyl (C=O) groups is 2. The molecule has 0 unspecified atom stereocenters. The average Bonchev–Trinajstić information content (AvgIpc) is 3.21. The molecular formula is C20H28N2O5S. The highest BCUT2D eigenvalue weighted by atomic mass is 32.2. The van der Waals surface area contributed by atoms with Crippen LogP contribution in [0.3, 0.4) is 0 Å². The van der Waals surface area contributed by atoms with Gasteiger partial charge in [-0.1, -0.05) is 13.8 Å². The lowest BCUT2D eigenvalue weighted by molar-refractivity contribution is -0.137. The number of ether oxygens (including phenoxy) is 1. The number of sulfonamides is 1. The lowest BCUT2D eigenvalue weighted by Crippen LogP contribution is -2.44. The van der Waals surface area contributed by atoms with Gasteiger partial charge in [-0.2, -0.15) is 4.31 Å². The molecule has 8 heteroatoms. The van der Waals surface area contributed by atoms with E-state index in [1.54, 1.807) is 4.90 Å². The van der Waals surface area contributed by atoms with Crippen LogP contribution >= 0.6 is 0 Å². The molecule has 0 spiro atoms. The van der Waals surface area contributed by atoms with Crippen molar-refractivity contribution in [3.63, 3.8) is 0 Å². The van der Waals surface area contributed by atoms with Gasteiger partial charge >= 0.3 is 5.97 Å². The summed E-state index contributed by atoms with van der Waals surface area (Å²) in [7, 11) is -3.51. The molecule has 0 radical (unpaired) electrons. The van der Waals surface area contributed by atoms with Gasteiger partial charge in [-0.05, 0) is 55.4 Å². The molecule has 7 nitrogen and oxygen atoms in total. The summed E-state index contributed by atoms with van der Waals surface area (Å²) in [5.74, 6) is 0.0542. The number of esters is 1. The summed E-state index contributed by atoms with van der Waals surface area (Å²) in [6.07, 6.45) is 2.83. The van der Waals surface area contributed by atoms with E-state index in [1.807, 2.05) is 0 Å². The Kier molecular flexibility index (Phi) is 6.40. The lowest BCUT2D eigenvalue weighted by atomic mass is 9.92. The SMILES string of the molecule is C[C@H]1C[C@H](C)CN(C(=O)COC(=O)c2ccc(S(=O)(=O)N3CCCC3)cc2)C1. The number of likely N-dealkylation sites (tertiary alicyclic amines) is 1. The smallest absolute Gasteiger partial charge is 0.338 e. The van der Waals surface area contributed by atoms with Gasteiger partial charge in [0.25, 0.3) is 5.91 Å². The van der Waals surface area contributed by atoms with Gasteiger partial charge in [-0.3, -0.25) is 4.79 Å². The first kappa shape index (κ1) is 20.8. The van der Waals surface area contributed by atoms with Crippen LogP contribution in [0, 0.1) is 11.8 Å². The highest BCUT2D eigenvalue weighted by Gasteiger charge is 2.28. The van der Waals surface area contributed by atoms with E-state index < -0.39 is 16.0 Å². The monoisotopic (exact) mass is 408 g/mol. The molecule has 154 valence electrons.